The summed E-state index contributed by atoms with van der Waals surface area (Å²) in [6.45, 7) is 13.3. The van der Waals surface area contributed by atoms with Gasteiger partial charge in [0.2, 0.25) is 0 Å². The fourth-order valence-corrected chi connectivity index (χ4v) is 15.5. The van der Waals surface area contributed by atoms with Crippen molar-refractivity contribution in [1.82, 2.24) is 0 Å². The molecular formula is C54H90O24. The molecule has 0 spiro atoms. The fraction of sp³-hybridized carbons (Fsp3) is 0.926. The van der Waals surface area contributed by atoms with Crippen molar-refractivity contribution >= 4 is 0 Å². The maximum absolute atomic E-state index is 12.9. The highest BCUT2D eigenvalue weighted by atomic mass is 16.8. The number of hydrogen-bond acceptors (Lipinski definition) is 24. The third-order valence-corrected chi connectivity index (χ3v) is 20.3. The zero-order valence-corrected chi connectivity index (χ0v) is 45.9. The molecule has 4 aliphatic carbocycles. The second-order valence-electron chi connectivity index (χ2n) is 25.4. The maximum atomic E-state index is 12.9. The van der Waals surface area contributed by atoms with E-state index in [1.54, 1.807) is 0 Å². The van der Waals surface area contributed by atoms with E-state index in [1.165, 1.54) is 0 Å². The summed E-state index contributed by atoms with van der Waals surface area (Å²) >= 11 is 0. The average molecular weight is 1120 g/mol. The molecule has 0 amide bonds. The van der Waals surface area contributed by atoms with E-state index in [0.717, 1.165) is 11.1 Å². The Balaban J connectivity index is 1.05. The van der Waals surface area contributed by atoms with Crippen molar-refractivity contribution in [3.05, 3.63) is 23.3 Å². The monoisotopic (exact) mass is 1120 g/mol. The van der Waals surface area contributed by atoms with Crippen molar-refractivity contribution < 1.29 is 120 Å². The van der Waals surface area contributed by atoms with Crippen LogP contribution in [0.4, 0.5) is 0 Å². The van der Waals surface area contributed by atoms with E-state index in [1.807, 2.05) is 46.8 Å². The second-order valence-corrected chi connectivity index (χ2v) is 25.4. The maximum Gasteiger partial charge on any atom is 0.187 e. The molecular weight excluding hydrogens is 1030 g/mol. The molecule has 0 aromatic rings. The van der Waals surface area contributed by atoms with Crippen LogP contribution in [0.2, 0.25) is 0 Å². The van der Waals surface area contributed by atoms with Crippen molar-refractivity contribution in [2.24, 2.45) is 39.4 Å². The predicted molar refractivity (Wildman–Crippen MR) is 268 cm³/mol. The van der Waals surface area contributed by atoms with Crippen LogP contribution >= 0.6 is 0 Å². The van der Waals surface area contributed by atoms with E-state index in [9.17, 15) is 81.7 Å². The molecule has 0 aromatic heterocycles. The Labute approximate surface area is 454 Å². The molecule has 7 fully saturated rings. The van der Waals surface area contributed by atoms with Crippen LogP contribution in [-0.2, 0) is 37.9 Å². The lowest BCUT2D eigenvalue weighted by Crippen LogP contribution is -2.68. The summed E-state index contributed by atoms with van der Waals surface area (Å²) in [6, 6.07) is 0. The highest BCUT2D eigenvalue weighted by Gasteiger charge is 2.73. The van der Waals surface area contributed by atoms with Crippen molar-refractivity contribution in [2.45, 2.75) is 247 Å². The molecule has 24 nitrogen and oxygen atoms in total. The molecule has 0 bridgehead atoms. The van der Waals surface area contributed by atoms with Gasteiger partial charge in [0.15, 0.2) is 25.2 Å². The zero-order valence-electron chi connectivity index (χ0n) is 45.9. The number of aliphatic hydroxyl groups excluding tert-OH is 16. The highest BCUT2D eigenvalue weighted by molar-refractivity contribution is 5.36. The normalized spacial score (nSPS) is 52.1. The van der Waals surface area contributed by atoms with Crippen LogP contribution in [0.25, 0.3) is 0 Å². The van der Waals surface area contributed by atoms with E-state index < -0.39 is 207 Å². The van der Waals surface area contributed by atoms with E-state index in [2.05, 4.69) is 20.8 Å². The first-order valence-electron chi connectivity index (χ1n) is 27.7. The molecule has 16 N–H and O–H groups in total. The number of fused-ring (bicyclic) bond motifs is 5. The fourth-order valence-electron chi connectivity index (χ4n) is 15.5. The van der Waals surface area contributed by atoms with Crippen molar-refractivity contribution in [3.63, 3.8) is 0 Å². The van der Waals surface area contributed by atoms with E-state index in [4.69, 9.17) is 37.9 Å². The molecule has 450 valence electrons. The summed E-state index contributed by atoms with van der Waals surface area (Å²) in [5.41, 5.74) is -2.40. The zero-order chi connectivity index (χ0) is 57.5. The Morgan fingerprint density at radius 2 is 1.13 bits per heavy atom. The van der Waals surface area contributed by atoms with E-state index in [0.29, 0.717) is 38.5 Å². The first kappa shape index (κ1) is 62.6. The van der Waals surface area contributed by atoms with Gasteiger partial charge < -0.3 is 120 Å². The lowest BCUT2D eigenvalue weighted by Gasteiger charge is -2.69. The standard InChI is InChI=1S/C54H90O24/c1-22(2)10-9-13-53(7,78-48-44(70)40(66)37(63)28(75-48)21-71-46-42(68)38(64)34(60)25(18-55)72-46)23-11-15-52(6)33(23)24(58)16-30-51(5)14-12-32(50(3,4)29(51)17-31(59)54(30,52)8)76-49-45(41(67)36(62)27(20-57)74-49)77-47-43(69)39(65)35(61)26(19-56)73-47/h10,17,23-28,30-49,55-70H,9,11-16,18-21H2,1-8H3/t23-,24+,25-,26-,27+,28-,30+,31-,32-,33-,34-,35-,36+,37-,38+,39+,40+,41-,42-,43-,44-,45+,46-,47+,48+,49+,51-,52+,53-,54-/m0/s1. The molecule has 30 atom stereocenters. The molecule has 4 saturated heterocycles. The van der Waals surface area contributed by atoms with Gasteiger partial charge in [0.25, 0.3) is 0 Å². The van der Waals surface area contributed by atoms with Crippen LogP contribution in [0.3, 0.4) is 0 Å². The van der Waals surface area contributed by atoms with Crippen LogP contribution in [0.5, 0.6) is 0 Å². The van der Waals surface area contributed by atoms with E-state index in [-0.39, 0.29) is 12.3 Å². The quantitative estimate of drug-likeness (QED) is 0.0673. The Hall–Kier alpha value is -1.48. The average Bonchev–Trinajstić information content (AvgIpc) is 2.75. The molecule has 78 heavy (non-hydrogen) atoms. The molecule has 4 aliphatic heterocycles. The third kappa shape index (κ3) is 10.6. The Morgan fingerprint density at radius 1 is 0.615 bits per heavy atom. The third-order valence-electron chi connectivity index (χ3n) is 20.3. The molecule has 24 heteroatoms. The predicted octanol–water partition coefficient (Wildman–Crippen LogP) is -3.31. The first-order valence-corrected chi connectivity index (χ1v) is 27.7. The summed E-state index contributed by atoms with van der Waals surface area (Å²) < 4.78 is 48.6. The van der Waals surface area contributed by atoms with Crippen LogP contribution in [0.1, 0.15) is 100 Å². The molecule has 0 aromatic carbocycles. The van der Waals surface area contributed by atoms with Gasteiger partial charge in [0.1, 0.15) is 97.7 Å². The van der Waals surface area contributed by atoms with Gasteiger partial charge in [-0.2, -0.15) is 0 Å². The van der Waals surface area contributed by atoms with Gasteiger partial charge in [-0.15, -0.1) is 0 Å². The van der Waals surface area contributed by atoms with Crippen molar-refractivity contribution in [1.29, 1.82) is 0 Å². The lowest BCUT2D eigenvalue weighted by atomic mass is 9.37. The van der Waals surface area contributed by atoms with Crippen molar-refractivity contribution in [2.75, 3.05) is 26.4 Å². The summed E-state index contributed by atoms with van der Waals surface area (Å²) in [7, 11) is 0. The number of aliphatic hydroxyl groups is 16. The molecule has 4 heterocycles. The Bertz CT molecular complexity index is 2090. The van der Waals surface area contributed by atoms with Gasteiger partial charge in [0.05, 0.1) is 50.3 Å². The summed E-state index contributed by atoms with van der Waals surface area (Å²) in [5, 5.41) is 175. The Kier molecular flexibility index (Phi) is 18.9. The van der Waals surface area contributed by atoms with Gasteiger partial charge in [-0.1, -0.05) is 57.9 Å². The summed E-state index contributed by atoms with van der Waals surface area (Å²) in [5.74, 6) is -1.20. The minimum absolute atomic E-state index is 0.275. The summed E-state index contributed by atoms with van der Waals surface area (Å²) in [6.07, 6.45) is -28.2. The van der Waals surface area contributed by atoms with Crippen LogP contribution in [0, 0.1) is 39.4 Å². The van der Waals surface area contributed by atoms with E-state index >= 15 is 0 Å². The topological polar surface area (TPSA) is 398 Å². The van der Waals surface area contributed by atoms with Gasteiger partial charge >= 0.3 is 0 Å². The van der Waals surface area contributed by atoms with Gasteiger partial charge in [-0.25, -0.2) is 0 Å². The molecule has 0 radical (unpaired) electrons. The molecule has 0 unspecified atom stereocenters. The van der Waals surface area contributed by atoms with Gasteiger partial charge in [0, 0.05) is 10.8 Å². The molecule has 8 aliphatic rings. The lowest BCUT2D eigenvalue weighted by molar-refractivity contribution is -0.375. The highest BCUT2D eigenvalue weighted by Crippen LogP contribution is 2.75. The summed E-state index contributed by atoms with van der Waals surface area (Å²) in [4.78, 5) is 0. The van der Waals surface area contributed by atoms with Crippen molar-refractivity contribution in [3.8, 4) is 0 Å². The Morgan fingerprint density at radius 3 is 1.71 bits per heavy atom. The van der Waals surface area contributed by atoms with Gasteiger partial charge in [-0.3, -0.25) is 0 Å². The number of allylic oxidation sites excluding steroid dienone is 2. The van der Waals surface area contributed by atoms with Crippen LogP contribution in [0.15, 0.2) is 23.3 Å². The number of hydrogen-bond donors (Lipinski definition) is 16. The smallest absolute Gasteiger partial charge is 0.187 e. The second kappa shape index (κ2) is 23.5. The minimum Gasteiger partial charge on any atom is -0.394 e. The number of ether oxygens (including phenoxy) is 8. The first-order chi connectivity index (χ1) is 36.5. The van der Waals surface area contributed by atoms with Gasteiger partial charge in [-0.05, 0) is 94.3 Å². The molecule has 8 rings (SSSR count). The number of rotatable bonds is 16. The molecule has 3 saturated carbocycles. The minimum atomic E-state index is -1.86. The SMILES string of the molecule is CC(C)=CCC[C@](C)(O[C@H]1O[C@@H](CO[C@H]2O[C@@H](CO)[C@H](O)[C@@H](O)[C@@H]2O)[C@H](O)[C@@H](O)[C@@H]1O)[C@H]1CC[C@]2(C)[C@@H]1[C@H](O)C[C@H]1[C@@]2(C)[C@@H](O)C=C2C(C)(C)[C@@H](O[C@H]3O[C@H](CO)[C@@H](O)[C@H](O)[C@H]3O[C@H]3O[C@@H](CO)[C@H](O)[C@@H](O)[C@@H]3O)CC[C@@]21C. The van der Waals surface area contributed by atoms with Crippen LogP contribution < -0.4 is 0 Å². The van der Waals surface area contributed by atoms with Crippen LogP contribution in [-0.4, -0.2) is 255 Å². The largest absolute Gasteiger partial charge is 0.394 e.